The van der Waals surface area contributed by atoms with Crippen molar-refractivity contribution in [2.45, 2.75) is 6.42 Å². The highest BCUT2D eigenvalue weighted by atomic mass is 79.9. The number of nitrogens with zero attached hydrogens (tertiary/aromatic N) is 2. The van der Waals surface area contributed by atoms with Crippen LogP contribution in [0.25, 0.3) is 11.5 Å². The molecule has 1 aromatic carbocycles. The highest BCUT2D eigenvalue weighted by Gasteiger charge is 2.20. The van der Waals surface area contributed by atoms with Gasteiger partial charge < -0.3 is 9.84 Å². The van der Waals surface area contributed by atoms with Gasteiger partial charge in [0.15, 0.2) is 5.82 Å². The van der Waals surface area contributed by atoms with Crippen LogP contribution in [0.1, 0.15) is 5.82 Å². The van der Waals surface area contributed by atoms with Crippen molar-refractivity contribution in [3.05, 3.63) is 34.6 Å². The zero-order chi connectivity index (χ0) is 11.7. The van der Waals surface area contributed by atoms with Gasteiger partial charge in [0, 0.05) is 16.5 Å². The molecule has 1 aliphatic heterocycles. The van der Waals surface area contributed by atoms with Crippen LogP contribution in [0.4, 0.5) is 0 Å². The van der Waals surface area contributed by atoms with Crippen molar-refractivity contribution < 1.29 is 4.52 Å². The van der Waals surface area contributed by atoms with E-state index in [0.717, 1.165) is 35.4 Å². The molecule has 0 saturated carbocycles. The molecular formula is C12H12BrN3O. The van der Waals surface area contributed by atoms with Gasteiger partial charge in [-0.2, -0.15) is 4.98 Å². The maximum absolute atomic E-state index is 5.26. The Kier molecular flexibility index (Phi) is 2.94. The molecule has 5 heteroatoms. The molecule has 1 fully saturated rings. The predicted octanol–water partition coefficient (Wildman–Crippen LogP) is 2.26. The third kappa shape index (κ3) is 2.40. The van der Waals surface area contributed by atoms with Crippen LogP contribution in [0.2, 0.25) is 0 Å². The zero-order valence-corrected chi connectivity index (χ0v) is 10.8. The van der Waals surface area contributed by atoms with Crippen molar-refractivity contribution in [2.24, 2.45) is 5.92 Å². The number of hydrogen-bond acceptors (Lipinski definition) is 4. The normalized spacial score (nSPS) is 15.8. The van der Waals surface area contributed by atoms with Crippen molar-refractivity contribution in [1.82, 2.24) is 15.5 Å². The lowest BCUT2D eigenvalue weighted by Gasteiger charge is -2.25. The standard InChI is InChI=1S/C12H12BrN3O/c13-10-3-1-9(2-4-10)12-15-11(16-17-12)5-8-6-14-7-8/h1-4,8,14H,5-7H2. The number of nitrogens with one attached hydrogen (secondary N) is 1. The predicted molar refractivity (Wildman–Crippen MR) is 67.5 cm³/mol. The van der Waals surface area contributed by atoms with Crippen LogP contribution in [0.15, 0.2) is 33.3 Å². The summed E-state index contributed by atoms with van der Waals surface area (Å²) in [6, 6.07) is 7.86. The Labute approximate surface area is 108 Å². The summed E-state index contributed by atoms with van der Waals surface area (Å²) in [5.41, 5.74) is 0.957. The third-order valence-electron chi connectivity index (χ3n) is 2.90. The van der Waals surface area contributed by atoms with Crippen LogP contribution in [0, 0.1) is 5.92 Å². The molecule has 0 radical (unpaired) electrons. The minimum Gasteiger partial charge on any atom is -0.334 e. The SMILES string of the molecule is Brc1ccc(-c2nc(CC3CNC3)no2)cc1. The molecule has 0 atom stereocenters. The summed E-state index contributed by atoms with van der Waals surface area (Å²) < 4.78 is 6.31. The van der Waals surface area contributed by atoms with Crippen LogP contribution in [-0.4, -0.2) is 23.2 Å². The van der Waals surface area contributed by atoms with E-state index in [-0.39, 0.29) is 0 Å². The van der Waals surface area contributed by atoms with Crippen LogP contribution >= 0.6 is 15.9 Å². The molecule has 1 N–H and O–H groups in total. The molecule has 0 aliphatic carbocycles. The Morgan fingerprint density at radius 1 is 1.29 bits per heavy atom. The summed E-state index contributed by atoms with van der Waals surface area (Å²) in [6.07, 6.45) is 0.896. The molecule has 3 rings (SSSR count). The minimum absolute atomic E-state index is 0.597. The van der Waals surface area contributed by atoms with E-state index in [1.165, 1.54) is 0 Å². The van der Waals surface area contributed by atoms with E-state index >= 15 is 0 Å². The summed E-state index contributed by atoms with van der Waals surface area (Å²) in [7, 11) is 0. The van der Waals surface area contributed by atoms with E-state index in [4.69, 9.17) is 4.52 Å². The monoisotopic (exact) mass is 293 g/mol. The summed E-state index contributed by atoms with van der Waals surface area (Å²) in [4.78, 5) is 4.41. The molecule has 4 nitrogen and oxygen atoms in total. The minimum atomic E-state index is 0.597. The Morgan fingerprint density at radius 2 is 2.06 bits per heavy atom. The Balaban J connectivity index is 1.76. The highest BCUT2D eigenvalue weighted by Crippen LogP contribution is 2.21. The van der Waals surface area contributed by atoms with E-state index in [1.54, 1.807) is 0 Å². The maximum Gasteiger partial charge on any atom is 0.257 e. The number of rotatable bonds is 3. The first kappa shape index (κ1) is 10.9. The fourth-order valence-electron chi connectivity index (χ4n) is 1.80. The second-order valence-electron chi connectivity index (χ2n) is 4.25. The molecule has 17 heavy (non-hydrogen) atoms. The van der Waals surface area contributed by atoms with Gasteiger partial charge in [-0.1, -0.05) is 21.1 Å². The van der Waals surface area contributed by atoms with Gasteiger partial charge in [0.2, 0.25) is 0 Å². The van der Waals surface area contributed by atoms with Crippen molar-refractivity contribution in [3.63, 3.8) is 0 Å². The van der Waals surface area contributed by atoms with Gasteiger partial charge in [-0.15, -0.1) is 0 Å². The number of halogens is 1. The first-order valence-corrected chi connectivity index (χ1v) is 6.40. The molecule has 88 valence electrons. The van der Waals surface area contributed by atoms with E-state index in [9.17, 15) is 0 Å². The van der Waals surface area contributed by atoms with E-state index in [2.05, 4.69) is 31.4 Å². The quantitative estimate of drug-likeness (QED) is 0.943. The molecule has 0 bridgehead atoms. The van der Waals surface area contributed by atoms with Gasteiger partial charge in [-0.25, -0.2) is 0 Å². The lowest BCUT2D eigenvalue weighted by atomic mass is 9.99. The third-order valence-corrected chi connectivity index (χ3v) is 3.43. The molecular weight excluding hydrogens is 282 g/mol. The van der Waals surface area contributed by atoms with Crippen LogP contribution < -0.4 is 5.32 Å². The second-order valence-corrected chi connectivity index (χ2v) is 5.17. The summed E-state index contributed by atoms with van der Waals surface area (Å²) >= 11 is 3.40. The molecule has 0 spiro atoms. The van der Waals surface area contributed by atoms with E-state index in [1.807, 2.05) is 24.3 Å². The fraction of sp³-hybridized carbons (Fsp3) is 0.333. The largest absolute Gasteiger partial charge is 0.334 e. The fourth-order valence-corrected chi connectivity index (χ4v) is 2.06. The number of benzene rings is 1. The molecule has 1 aromatic heterocycles. The van der Waals surface area contributed by atoms with Crippen LogP contribution in [0.3, 0.4) is 0 Å². The van der Waals surface area contributed by atoms with Gasteiger partial charge in [-0.3, -0.25) is 0 Å². The van der Waals surface area contributed by atoms with E-state index in [0.29, 0.717) is 11.8 Å². The van der Waals surface area contributed by atoms with Crippen molar-refractivity contribution in [3.8, 4) is 11.5 Å². The van der Waals surface area contributed by atoms with Crippen LogP contribution in [0.5, 0.6) is 0 Å². The first-order valence-electron chi connectivity index (χ1n) is 5.60. The number of hydrogen-bond donors (Lipinski definition) is 1. The lowest BCUT2D eigenvalue weighted by molar-refractivity contribution is 0.333. The summed E-state index contributed by atoms with van der Waals surface area (Å²) in [6.45, 7) is 2.12. The van der Waals surface area contributed by atoms with Crippen molar-refractivity contribution in [2.75, 3.05) is 13.1 Å². The summed E-state index contributed by atoms with van der Waals surface area (Å²) in [5, 5.41) is 7.25. The Bertz CT molecular complexity index is 505. The van der Waals surface area contributed by atoms with Gasteiger partial charge in [0.05, 0.1) is 0 Å². The van der Waals surface area contributed by atoms with Gasteiger partial charge in [0.25, 0.3) is 5.89 Å². The molecule has 2 aromatic rings. The smallest absolute Gasteiger partial charge is 0.257 e. The first-order chi connectivity index (χ1) is 8.31. The average molecular weight is 294 g/mol. The molecule has 1 saturated heterocycles. The molecule has 0 unspecified atom stereocenters. The molecule has 2 heterocycles. The average Bonchev–Trinajstić information content (AvgIpc) is 2.73. The molecule has 0 amide bonds. The van der Waals surface area contributed by atoms with Crippen molar-refractivity contribution in [1.29, 1.82) is 0 Å². The lowest BCUT2D eigenvalue weighted by Crippen LogP contribution is -2.43. The molecule has 1 aliphatic rings. The zero-order valence-electron chi connectivity index (χ0n) is 9.19. The topological polar surface area (TPSA) is 51.0 Å². The summed E-state index contributed by atoms with van der Waals surface area (Å²) in [5.74, 6) is 2.06. The van der Waals surface area contributed by atoms with Gasteiger partial charge in [0.1, 0.15) is 0 Å². The van der Waals surface area contributed by atoms with Crippen LogP contribution in [-0.2, 0) is 6.42 Å². The Hall–Kier alpha value is -1.20. The van der Waals surface area contributed by atoms with Gasteiger partial charge >= 0.3 is 0 Å². The second kappa shape index (κ2) is 4.58. The maximum atomic E-state index is 5.26. The highest BCUT2D eigenvalue weighted by molar-refractivity contribution is 9.10. The Morgan fingerprint density at radius 3 is 2.71 bits per heavy atom. The number of aromatic nitrogens is 2. The van der Waals surface area contributed by atoms with Gasteiger partial charge in [-0.05, 0) is 43.3 Å². The van der Waals surface area contributed by atoms with E-state index < -0.39 is 0 Å². The van der Waals surface area contributed by atoms with Crippen molar-refractivity contribution >= 4 is 15.9 Å².